The zero-order chi connectivity index (χ0) is 23.6. The molecule has 0 saturated carbocycles. The molecule has 0 atom stereocenters. The molecule has 0 unspecified atom stereocenters. The molecule has 1 aromatic heterocycles. The van der Waals surface area contributed by atoms with E-state index in [2.05, 4.69) is 15.0 Å². The van der Waals surface area contributed by atoms with E-state index in [1.54, 1.807) is 24.3 Å². The van der Waals surface area contributed by atoms with Crippen molar-refractivity contribution in [3.05, 3.63) is 92.7 Å². The number of ether oxygens (including phenoxy) is 1. The van der Waals surface area contributed by atoms with Gasteiger partial charge in [0.05, 0.1) is 26.6 Å². The van der Waals surface area contributed by atoms with Crippen molar-refractivity contribution in [2.45, 2.75) is 11.6 Å². The third-order valence-corrected chi connectivity index (χ3v) is 6.43. The van der Waals surface area contributed by atoms with E-state index in [4.69, 9.17) is 27.9 Å². The lowest BCUT2D eigenvalue weighted by molar-refractivity contribution is 0.0336. The van der Waals surface area contributed by atoms with Gasteiger partial charge in [-0.15, -0.1) is 5.10 Å². The molecule has 3 aromatic carbocycles. The summed E-state index contributed by atoms with van der Waals surface area (Å²) in [4.78, 5) is 24.7. The summed E-state index contributed by atoms with van der Waals surface area (Å²) in [5.41, 5.74) is -0.0223. The number of nitrogens with one attached hydrogen (secondary N) is 1. The second kappa shape index (κ2) is 9.18. The zero-order valence-corrected chi connectivity index (χ0v) is 18.9. The smallest absolute Gasteiger partial charge is 0.339 e. The van der Waals surface area contributed by atoms with Crippen LogP contribution in [0.2, 0.25) is 10.0 Å². The number of sulfonamides is 1. The van der Waals surface area contributed by atoms with Crippen molar-refractivity contribution in [2.24, 2.45) is 0 Å². The van der Waals surface area contributed by atoms with E-state index in [0.717, 1.165) is 10.7 Å². The highest BCUT2D eigenvalue weighted by atomic mass is 35.5. The summed E-state index contributed by atoms with van der Waals surface area (Å²) in [5, 5.41) is 8.41. The fourth-order valence-electron chi connectivity index (χ4n) is 2.88. The van der Waals surface area contributed by atoms with Crippen LogP contribution in [0.3, 0.4) is 0 Å². The van der Waals surface area contributed by atoms with Gasteiger partial charge in [0.15, 0.2) is 6.73 Å². The summed E-state index contributed by atoms with van der Waals surface area (Å²) in [5.74, 6) is -0.852. The maximum atomic E-state index is 12.8. The average Bonchev–Trinajstić information content (AvgIpc) is 2.81. The molecule has 0 saturated heterocycles. The van der Waals surface area contributed by atoms with Gasteiger partial charge in [0, 0.05) is 5.02 Å². The van der Waals surface area contributed by atoms with Gasteiger partial charge >= 0.3 is 5.97 Å². The van der Waals surface area contributed by atoms with Gasteiger partial charge in [-0.2, -0.15) is 4.68 Å². The third-order valence-electron chi connectivity index (χ3n) is 4.50. The van der Waals surface area contributed by atoms with Crippen molar-refractivity contribution < 1.29 is 17.9 Å². The number of hydrogen-bond acceptors (Lipinski definition) is 7. The topological polar surface area (TPSA) is 120 Å². The van der Waals surface area contributed by atoms with Crippen molar-refractivity contribution in [1.82, 2.24) is 15.0 Å². The highest BCUT2D eigenvalue weighted by Crippen LogP contribution is 2.28. The summed E-state index contributed by atoms with van der Waals surface area (Å²) in [7, 11) is -4.09. The van der Waals surface area contributed by atoms with Crippen LogP contribution in [0.1, 0.15) is 10.4 Å². The summed E-state index contributed by atoms with van der Waals surface area (Å²) >= 11 is 11.9. The van der Waals surface area contributed by atoms with Crippen LogP contribution in [0.5, 0.6) is 0 Å². The van der Waals surface area contributed by atoms with Crippen LogP contribution in [-0.2, 0) is 21.5 Å². The lowest BCUT2D eigenvalue weighted by Gasteiger charge is -2.11. The first kappa shape index (κ1) is 22.7. The van der Waals surface area contributed by atoms with Crippen molar-refractivity contribution in [3.63, 3.8) is 0 Å². The normalized spacial score (nSPS) is 11.3. The molecule has 168 valence electrons. The predicted molar refractivity (Wildman–Crippen MR) is 123 cm³/mol. The molecule has 0 aliphatic carbocycles. The molecule has 0 aliphatic heterocycles. The Morgan fingerprint density at radius 2 is 1.82 bits per heavy atom. The number of benzene rings is 3. The summed E-state index contributed by atoms with van der Waals surface area (Å²) < 4.78 is 33.9. The van der Waals surface area contributed by atoms with E-state index in [9.17, 15) is 18.0 Å². The van der Waals surface area contributed by atoms with Crippen LogP contribution >= 0.6 is 23.2 Å². The Morgan fingerprint density at radius 1 is 1.03 bits per heavy atom. The minimum absolute atomic E-state index is 0.0446. The largest absolute Gasteiger partial charge is 0.439 e. The Bertz CT molecular complexity index is 1540. The molecule has 33 heavy (non-hydrogen) atoms. The first-order valence-electron chi connectivity index (χ1n) is 9.32. The molecule has 0 aliphatic rings. The Morgan fingerprint density at radius 3 is 2.64 bits per heavy atom. The molecule has 0 amide bonds. The van der Waals surface area contributed by atoms with Gasteiger partial charge in [-0.25, -0.2) is 13.2 Å². The van der Waals surface area contributed by atoms with Crippen LogP contribution in [-0.4, -0.2) is 29.4 Å². The highest BCUT2D eigenvalue weighted by molar-refractivity contribution is 7.92. The summed E-state index contributed by atoms with van der Waals surface area (Å²) in [6, 6.07) is 16.1. The number of aromatic nitrogens is 3. The number of carbonyl (C=O) groups excluding carboxylic acids is 1. The molecule has 4 aromatic rings. The predicted octanol–water partition coefficient (Wildman–Crippen LogP) is 3.71. The van der Waals surface area contributed by atoms with Gasteiger partial charge in [-0.3, -0.25) is 9.52 Å². The molecule has 9 nitrogen and oxygen atoms in total. The average molecular weight is 505 g/mol. The van der Waals surface area contributed by atoms with Crippen molar-refractivity contribution >= 4 is 55.8 Å². The number of anilines is 1. The number of esters is 1. The molecule has 1 N–H and O–H groups in total. The van der Waals surface area contributed by atoms with Crippen molar-refractivity contribution in [2.75, 3.05) is 4.72 Å². The highest BCUT2D eigenvalue weighted by Gasteiger charge is 2.19. The Labute approximate surface area is 197 Å². The van der Waals surface area contributed by atoms with Gasteiger partial charge in [0.25, 0.3) is 15.6 Å². The van der Waals surface area contributed by atoms with Crippen molar-refractivity contribution in [3.8, 4) is 0 Å². The molecule has 0 bridgehead atoms. The molecule has 0 fully saturated rings. The van der Waals surface area contributed by atoms with Crippen LogP contribution < -0.4 is 10.3 Å². The van der Waals surface area contributed by atoms with Crippen LogP contribution in [0.15, 0.2) is 76.4 Å². The monoisotopic (exact) mass is 504 g/mol. The molecular weight excluding hydrogens is 491 g/mol. The summed E-state index contributed by atoms with van der Waals surface area (Å²) in [6.07, 6.45) is 0. The number of carbonyl (C=O) groups is 1. The van der Waals surface area contributed by atoms with Crippen LogP contribution in [0, 0.1) is 0 Å². The van der Waals surface area contributed by atoms with E-state index in [1.807, 2.05) is 0 Å². The Balaban J connectivity index is 1.52. The Kier molecular flexibility index (Phi) is 6.32. The lowest BCUT2D eigenvalue weighted by atomic mass is 10.2. The minimum atomic E-state index is -4.09. The molecule has 0 spiro atoms. The van der Waals surface area contributed by atoms with Crippen LogP contribution in [0.25, 0.3) is 10.9 Å². The number of rotatable bonds is 6. The fraction of sp³-hybridized carbons (Fsp3) is 0.0476. The van der Waals surface area contributed by atoms with E-state index < -0.39 is 28.3 Å². The number of nitrogens with zero attached hydrogens (tertiary/aromatic N) is 3. The minimum Gasteiger partial charge on any atom is -0.439 e. The van der Waals surface area contributed by atoms with Gasteiger partial charge in [-0.05, 0) is 48.5 Å². The second-order valence-corrected chi connectivity index (χ2v) is 9.26. The van der Waals surface area contributed by atoms with Gasteiger partial charge < -0.3 is 4.74 Å². The van der Waals surface area contributed by atoms with E-state index in [1.165, 1.54) is 36.4 Å². The van der Waals surface area contributed by atoms with Crippen molar-refractivity contribution in [1.29, 1.82) is 0 Å². The van der Waals surface area contributed by atoms with E-state index >= 15 is 0 Å². The molecule has 4 rings (SSSR count). The van der Waals surface area contributed by atoms with E-state index in [-0.39, 0.29) is 21.2 Å². The number of halogens is 2. The zero-order valence-electron chi connectivity index (χ0n) is 16.6. The van der Waals surface area contributed by atoms with Gasteiger partial charge in [0.1, 0.15) is 5.52 Å². The maximum Gasteiger partial charge on any atom is 0.339 e. The standard InChI is InChI=1S/C21H14Cl2N4O5S/c22-14-8-9-17(23)19(11-14)25-33(30,31)15-5-3-4-13(10-15)21(29)32-12-27-20(28)16-6-1-2-7-18(16)24-26-27/h1-11,25H,12H2. The van der Waals surface area contributed by atoms with E-state index in [0.29, 0.717) is 15.9 Å². The maximum absolute atomic E-state index is 12.8. The second-order valence-electron chi connectivity index (χ2n) is 6.73. The van der Waals surface area contributed by atoms with Crippen LogP contribution in [0.4, 0.5) is 5.69 Å². The molecule has 12 heteroatoms. The SMILES string of the molecule is O=C(OCn1nnc2ccccc2c1=O)c1cccc(S(=O)(=O)Nc2cc(Cl)ccc2Cl)c1. The van der Waals surface area contributed by atoms with Gasteiger partial charge in [-0.1, -0.05) is 46.6 Å². The first-order valence-corrected chi connectivity index (χ1v) is 11.6. The molecule has 1 heterocycles. The number of fused-ring (bicyclic) bond motifs is 1. The molecular formula is C21H14Cl2N4O5S. The fourth-order valence-corrected chi connectivity index (χ4v) is 4.39. The third kappa shape index (κ3) is 4.98. The Hall–Kier alpha value is -3.47. The first-order chi connectivity index (χ1) is 15.7. The van der Waals surface area contributed by atoms with Gasteiger partial charge in [0.2, 0.25) is 0 Å². The number of hydrogen-bond donors (Lipinski definition) is 1. The quantitative estimate of drug-likeness (QED) is 0.397. The molecule has 0 radical (unpaired) electrons. The summed E-state index contributed by atoms with van der Waals surface area (Å²) in [6.45, 7) is -0.497. The lowest BCUT2D eigenvalue weighted by Crippen LogP contribution is -2.26.